The first-order valence-corrected chi connectivity index (χ1v) is 6.63. The van der Waals surface area contributed by atoms with Crippen molar-refractivity contribution in [1.29, 1.82) is 0 Å². The van der Waals surface area contributed by atoms with Gasteiger partial charge >= 0.3 is 5.97 Å². The summed E-state index contributed by atoms with van der Waals surface area (Å²) in [6.07, 6.45) is 7.57. The van der Waals surface area contributed by atoms with Gasteiger partial charge in [-0.3, -0.25) is 4.79 Å². The first-order valence-electron chi connectivity index (χ1n) is 6.63. The molecular formula is C13H23NO2. The number of esters is 1. The molecule has 0 atom stereocenters. The molecule has 0 spiro atoms. The van der Waals surface area contributed by atoms with E-state index in [1.807, 2.05) is 0 Å². The van der Waals surface area contributed by atoms with Crippen molar-refractivity contribution in [2.45, 2.75) is 45.4 Å². The number of nitrogens with one attached hydrogen (secondary N) is 1. The fourth-order valence-corrected chi connectivity index (χ4v) is 2.38. The van der Waals surface area contributed by atoms with Gasteiger partial charge in [0, 0.05) is 6.54 Å². The highest BCUT2D eigenvalue weighted by Gasteiger charge is 2.53. The third kappa shape index (κ3) is 3.21. The lowest BCUT2D eigenvalue weighted by molar-refractivity contribution is -0.142. The Morgan fingerprint density at radius 2 is 2.19 bits per heavy atom. The minimum absolute atomic E-state index is 0.0972. The van der Waals surface area contributed by atoms with Crippen LogP contribution in [0.2, 0.25) is 0 Å². The van der Waals surface area contributed by atoms with Gasteiger partial charge in [-0.05, 0) is 43.4 Å². The van der Waals surface area contributed by atoms with Crippen LogP contribution in [0.3, 0.4) is 0 Å². The first kappa shape index (κ1) is 11.9. The fourth-order valence-electron chi connectivity index (χ4n) is 2.38. The summed E-state index contributed by atoms with van der Waals surface area (Å²) in [5.41, 5.74) is 0.573. The molecule has 2 saturated carbocycles. The molecule has 0 aromatic carbocycles. The zero-order chi connectivity index (χ0) is 11.4. The number of ether oxygens (including phenoxy) is 1. The van der Waals surface area contributed by atoms with Crippen LogP contribution in [0.15, 0.2) is 0 Å². The van der Waals surface area contributed by atoms with Crippen LogP contribution in [0.1, 0.15) is 45.4 Å². The second-order valence-electron chi connectivity index (χ2n) is 5.31. The van der Waals surface area contributed by atoms with Gasteiger partial charge in [0.15, 0.2) is 0 Å². The van der Waals surface area contributed by atoms with E-state index in [1.165, 1.54) is 25.7 Å². The van der Waals surface area contributed by atoms with Crippen LogP contribution >= 0.6 is 0 Å². The summed E-state index contributed by atoms with van der Waals surface area (Å²) in [5, 5.41) is 3.26. The van der Waals surface area contributed by atoms with Crippen LogP contribution in [0.4, 0.5) is 0 Å². The molecule has 0 aliphatic heterocycles. The van der Waals surface area contributed by atoms with Crippen molar-refractivity contribution in [3.63, 3.8) is 0 Å². The van der Waals surface area contributed by atoms with Gasteiger partial charge in [0.2, 0.25) is 0 Å². The molecule has 0 radical (unpaired) electrons. The van der Waals surface area contributed by atoms with Crippen LogP contribution < -0.4 is 5.32 Å². The number of rotatable bonds is 8. The van der Waals surface area contributed by atoms with E-state index in [0.717, 1.165) is 25.3 Å². The summed E-state index contributed by atoms with van der Waals surface area (Å²) < 4.78 is 5.09. The summed E-state index contributed by atoms with van der Waals surface area (Å²) in [6, 6.07) is 0. The summed E-state index contributed by atoms with van der Waals surface area (Å²) in [5.74, 6) is 0.858. The Hall–Kier alpha value is -0.570. The largest absolute Gasteiger partial charge is 0.465 e. The minimum Gasteiger partial charge on any atom is -0.465 e. The van der Waals surface area contributed by atoms with Gasteiger partial charge in [0.25, 0.3) is 0 Å². The SMILES string of the molecule is CCCCOC(=O)CNCC1(C2CC2)CC1. The van der Waals surface area contributed by atoms with Crippen LogP contribution in [0.25, 0.3) is 0 Å². The molecule has 16 heavy (non-hydrogen) atoms. The summed E-state index contributed by atoms with van der Waals surface area (Å²) in [6.45, 7) is 4.07. The topological polar surface area (TPSA) is 38.3 Å². The molecule has 0 bridgehead atoms. The van der Waals surface area contributed by atoms with E-state index in [-0.39, 0.29) is 5.97 Å². The molecular weight excluding hydrogens is 202 g/mol. The van der Waals surface area contributed by atoms with E-state index in [4.69, 9.17) is 4.74 Å². The molecule has 3 nitrogen and oxygen atoms in total. The van der Waals surface area contributed by atoms with Crippen LogP contribution in [0.5, 0.6) is 0 Å². The smallest absolute Gasteiger partial charge is 0.319 e. The Balaban J connectivity index is 1.52. The predicted octanol–water partition coefficient (Wildman–Crippen LogP) is 2.11. The lowest BCUT2D eigenvalue weighted by Gasteiger charge is -2.14. The van der Waals surface area contributed by atoms with Gasteiger partial charge in [0.05, 0.1) is 13.2 Å². The van der Waals surface area contributed by atoms with Gasteiger partial charge in [-0.1, -0.05) is 13.3 Å². The number of carbonyl (C=O) groups excluding carboxylic acids is 1. The molecule has 3 heteroatoms. The molecule has 2 rings (SSSR count). The van der Waals surface area contributed by atoms with Crippen molar-refractivity contribution in [2.24, 2.45) is 11.3 Å². The Bertz CT molecular complexity index is 244. The highest BCUT2D eigenvalue weighted by atomic mass is 16.5. The van der Waals surface area contributed by atoms with Crippen molar-refractivity contribution >= 4 is 5.97 Å². The molecule has 1 N–H and O–H groups in total. The van der Waals surface area contributed by atoms with Crippen molar-refractivity contribution in [2.75, 3.05) is 19.7 Å². The lowest BCUT2D eigenvalue weighted by Crippen LogP contribution is -2.31. The number of unbranched alkanes of at least 4 members (excludes halogenated alkanes) is 1. The average molecular weight is 225 g/mol. The highest BCUT2D eigenvalue weighted by Crippen LogP contribution is 2.60. The van der Waals surface area contributed by atoms with Crippen LogP contribution in [-0.2, 0) is 9.53 Å². The van der Waals surface area contributed by atoms with Gasteiger partial charge in [-0.2, -0.15) is 0 Å². The Labute approximate surface area is 97.9 Å². The molecule has 0 aromatic rings. The fraction of sp³-hybridized carbons (Fsp3) is 0.923. The maximum absolute atomic E-state index is 11.3. The third-order valence-electron chi connectivity index (χ3n) is 3.84. The van der Waals surface area contributed by atoms with E-state index < -0.39 is 0 Å². The molecule has 2 aliphatic rings. The Morgan fingerprint density at radius 1 is 1.44 bits per heavy atom. The molecule has 2 fully saturated rings. The van der Waals surface area contributed by atoms with Crippen molar-refractivity contribution in [1.82, 2.24) is 5.32 Å². The van der Waals surface area contributed by atoms with Crippen molar-refractivity contribution in [3.8, 4) is 0 Å². The van der Waals surface area contributed by atoms with Crippen molar-refractivity contribution < 1.29 is 9.53 Å². The summed E-state index contributed by atoms with van der Waals surface area (Å²) >= 11 is 0. The molecule has 0 unspecified atom stereocenters. The predicted molar refractivity (Wildman–Crippen MR) is 63.1 cm³/mol. The Morgan fingerprint density at radius 3 is 2.75 bits per heavy atom. The second-order valence-corrected chi connectivity index (χ2v) is 5.31. The molecule has 92 valence electrons. The monoisotopic (exact) mass is 225 g/mol. The molecule has 0 aromatic heterocycles. The quantitative estimate of drug-likeness (QED) is 0.508. The van der Waals surface area contributed by atoms with Gasteiger partial charge in [-0.15, -0.1) is 0 Å². The van der Waals surface area contributed by atoms with Crippen molar-refractivity contribution in [3.05, 3.63) is 0 Å². The van der Waals surface area contributed by atoms with E-state index in [1.54, 1.807) is 0 Å². The van der Waals surface area contributed by atoms with E-state index in [2.05, 4.69) is 12.2 Å². The standard InChI is InChI=1S/C13H23NO2/c1-2-3-8-16-12(15)9-14-10-13(6-7-13)11-4-5-11/h11,14H,2-10H2,1H3. The van der Waals surface area contributed by atoms with Gasteiger partial charge in [0.1, 0.15) is 0 Å². The van der Waals surface area contributed by atoms with Crippen LogP contribution in [-0.4, -0.2) is 25.7 Å². The summed E-state index contributed by atoms with van der Waals surface area (Å²) in [7, 11) is 0. The number of carbonyl (C=O) groups is 1. The normalized spacial score (nSPS) is 21.8. The summed E-state index contributed by atoms with van der Waals surface area (Å²) in [4.78, 5) is 11.3. The van der Waals surface area contributed by atoms with Gasteiger partial charge in [-0.25, -0.2) is 0 Å². The van der Waals surface area contributed by atoms with E-state index in [0.29, 0.717) is 18.6 Å². The van der Waals surface area contributed by atoms with E-state index >= 15 is 0 Å². The molecule has 0 saturated heterocycles. The zero-order valence-electron chi connectivity index (χ0n) is 10.3. The third-order valence-corrected chi connectivity index (χ3v) is 3.84. The van der Waals surface area contributed by atoms with E-state index in [9.17, 15) is 4.79 Å². The average Bonchev–Trinajstić information content (AvgIpc) is 3.12. The highest BCUT2D eigenvalue weighted by molar-refractivity contribution is 5.71. The number of hydrogen-bond donors (Lipinski definition) is 1. The minimum atomic E-state index is -0.0972. The Kier molecular flexibility index (Phi) is 3.85. The maximum atomic E-state index is 11.3. The van der Waals surface area contributed by atoms with Crippen LogP contribution in [0, 0.1) is 11.3 Å². The molecule has 0 amide bonds. The first-order chi connectivity index (χ1) is 7.77. The number of hydrogen-bond acceptors (Lipinski definition) is 3. The van der Waals surface area contributed by atoms with Gasteiger partial charge < -0.3 is 10.1 Å². The lowest BCUT2D eigenvalue weighted by atomic mass is 10.0. The molecule has 2 aliphatic carbocycles. The second kappa shape index (κ2) is 5.17. The molecule has 0 heterocycles. The zero-order valence-corrected chi connectivity index (χ0v) is 10.3. The maximum Gasteiger partial charge on any atom is 0.319 e.